The van der Waals surface area contributed by atoms with Crippen molar-refractivity contribution in [3.63, 3.8) is 0 Å². The monoisotopic (exact) mass is 286 g/mol. The molecule has 1 aliphatic heterocycles. The first-order valence-corrected chi connectivity index (χ1v) is 7.80. The van der Waals surface area contributed by atoms with E-state index in [-0.39, 0.29) is 0 Å². The highest BCUT2D eigenvalue weighted by atomic mass is 15.0. The lowest BCUT2D eigenvalue weighted by Crippen LogP contribution is -2.09. The summed E-state index contributed by atoms with van der Waals surface area (Å²) in [7, 11) is 0. The average Bonchev–Trinajstić information content (AvgIpc) is 2.87. The van der Waals surface area contributed by atoms with E-state index < -0.39 is 0 Å². The van der Waals surface area contributed by atoms with Crippen molar-refractivity contribution in [2.24, 2.45) is 0 Å². The van der Waals surface area contributed by atoms with Gasteiger partial charge in [0, 0.05) is 17.6 Å². The summed E-state index contributed by atoms with van der Waals surface area (Å²) in [6, 6.07) is 15.3. The number of nitriles is 1. The molecule has 0 saturated carbocycles. The molecule has 0 spiro atoms. The van der Waals surface area contributed by atoms with Gasteiger partial charge in [-0.1, -0.05) is 17.2 Å². The van der Waals surface area contributed by atoms with E-state index in [4.69, 9.17) is 0 Å². The first-order valence-electron chi connectivity index (χ1n) is 7.80. The van der Waals surface area contributed by atoms with Crippen molar-refractivity contribution in [3.05, 3.63) is 58.7 Å². The van der Waals surface area contributed by atoms with Crippen LogP contribution in [0.4, 0.5) is 0 Å². The van der Waals surface area contributed by atoms with Crippen molar-refractivity contribution in [1.82, 2.24) is 4.57 Å². The predicted molar refractivity (Wildman–Crippen MR) is 89.9 cm³/mol. The first kappa shape index (κ1) is 13.2. The van der Waals surface area contributed by atoms with E-state index in [9.17, 15) is 5.26 Å². The molecule has 2 aromatic carbocycles. The highest BCUT2D eigenvalue weighted by Gasteiger charge is 2.18. The summed E-state index contributed by atoms with van der Waals surface area (Å²) in [5.41, 5.74) is 8.55. The lowest BCUT2D eigenvalue weighted by atomic mass is 10.0. The Morgan fingerprint density at radius 2 is 1.77 bits per heavy atom. The van der Waals surface area contributed by atoms with Crippen molar-refractivity contribution in [3.8, 4) is 17.3 Å². The molecule has 22 heavy (non-hydrogen) atoms. The minimum absolute atomic E-state index is 0.772. The lowest BCUT2D eigenvalue weighted by Gasteiger charge is -2.18. The van der Waals surface area contributed by atoms with Crippen LogP contribution in [0.5, 0.6) is 0 Å². The number of nitrogens with zero attached hydrogens (tertiary/aromatic N) is 2. The Kier molecular flexibility index (Phi) is 2.84. The molecule has 0 radical (unpaired) electrons. The fourth-order valence-corrected chi connectivity index (χ4v) is 3.78. The van der Waals surface area contributed by atoms with Gasteiger partial charge < -0.3 is 4.57 Å². The van der Waals surface area contributed by atoms with Crippen molar-refractivity contribution >= 4 is 10.9 Å². The van der Waals surface area contributed by atoms with Gasteiger partial charge in [0.2, 0.25) is 0 Å². The third-order valence-electron chi connectivity index (χ3n) is 4.55. The van der Waals surface area contributed by atoms with E-state index in [1.165, 1.54) is 38.9 Å². The molecular weight excluding hydrogens is 268 g/mol. The molecule has 0 bridgehead atoms. The molecule has 108 valence electrons. The third kappa shape index (κ3) is 1.94. The number of hydrogen-bond acceptors (Lipinski definition) is 1. The maximum atomic E-state index is 9.24. The number of benzene rings is 2. The molecule has 0 atom stereocenters. The number of rotatable bonds is 1. The van der Waals surface area contributed by atoms with Crippen LogP contribution in [0.25, 0.3) is 22.2 Å². The van der Waals surface area contributed by atoms with Crippen LogP contribution in [0.1, 0.15) is 28.7 Å². The van der Waals surface area contributed by atoms with Crippen LogP contribution in [0, 0.1) is 25.2 Å². The van der Waals surface area contributed by atoms with E-state index in [1.54, 1.807) is 0 Å². The quantitative estimate of drug-likeness (QED) is 0.635. The molecule has 0 N–H and O–H groups in total. The van der Waals surface area contributed by atoms with Gasteiger partial charge in [-0.05, 0) is 68.1 Å². The molecule has 1 aromatic heterocycles. The molecule has 0 amide bonds. The van der Waals surface area contributed by atoms with E-state index in [0.29, 0.717) is 0 Å². The van der Waals surface area contributed by atoms with Crippen LogP contribution < -0.4 is 0 Å². The van der Waals surface area contributed by atoms with Gasteiger partial charge >= 0.3 is 0 Å². The molecule has 2 heteroatoms. The molecule has 3 aromatic rings. The van der Waals surface area contributed by atoms with Crippen molar-refractivity contribution in [2.45, 2.75) is 33.2 Å². The van der Waals surface area contributed by atoms with E-state index in [2.05, 4.69) is 54.8 Å². The summed E-state index contributed by atoms with van der Waals surface area (Å²) in [4.78, 5) is 0. The lowest BCUT2D eigenvalue weighted by molar-refractivity contribution is 0.640. The maximum absolute atomic E-state index is 9.24. The molecule has 1 aliphatic rings. The summed E-state index contributed by atoms with van der Waals surface area (Å²) < 4.78 is 2.43. The van der Waals surface area contributed by atoms with Gasteiger partial charge in [0.25, 0.3) is 0 Å². The highest BCUT2D eigenvalue weighted by Crippen LogP contribution is 2.35. The van der Waals surface area contributed by atoms with E-state index >= 15 is 0 Å². The molecular formula is C20H18N2. The minimum atomic E-state index is 0.772. The van der Waals surface area contributed by atoms with Crippen molar-refractivity contribution in [1.29, 1.82) is 5.26 Å². The Morgan fingerprint density at radius 1 is 1.00 bits per heavy atom. The number of hydrogen-bond donors (Lipinski definition) is 0. The molecule has 0 aliphatic carbocycles. The Morgan fingerprint density at radius 3 is 2.50 bits per heavy atom. The predicted octanol–water partition coefficient (Wildman–Crippen LogP) is 4.74. The second kappa shape index (κ2) is 4.74. The van der Waals surface area contributed by atoms with Crippen LogP contribution in [-0.2, 0) is 13.0 Å². The van der Waals surface area contributed by atoms with Crippen LogP contribution in [-0.4, -0.2) is 4.57 Å². The van der Waals surface area contributed by atoms with E-state index in [1.807, 2.05) is 6.07 Å². The van der Waals surface area contributed by atoms with Gasteiger partial charge in [0.15, 0.2) is 0 Å². The van der Waals surface area contributed by atoms with Crippen molar-refractivity contribution in [2.75, 3.05) is 0 Å². The summed E-state index contributed by atoms with van der Waals surface area (Å²) in [6.07, 6.45) is 2.21. The number of aryl methyl sites for hydroxylation is 4. The van der Waals surface area contributed by atoms with Gasteiger partial charge in [-0.15, -0.1) is 0 Å². The Labute approximate surface area is 130 Å². The van der Waals surface area contributed by atoms with Crippen LogP contribution in [0.2, 0.25) is 0 Å². The fourth-order valence-electron chi connectivity index (χ4n) is 3.78. The zero-order valence-corrected chi connectivity index (χ0v) is 13.0. The summed E-state index contributed by atoms with van der Waals surface area (Å²) in [5.74, 6) is 0. The largest absolute Gasteiger partial charge is 0.340 e. The summed E-state index contributed by atoms with van der Waals surface area (Å²) in [6.45, 7) is 5.36. The molecule has 0 saturated heterocycles. The first-order chi connectivity index (χ1) is 10.7. The SMILES string of the molecule is Cc1cc(C)cc(-c2cc3cc(C#N)cc4c3n2CCC4)c1. The second-order valence-electron chi connectivity index (χ2n) is 6.35. The smallest absolute Gasteiger partial charge is 0.0991 e. The highest BCUT2D eigenvalue weighted by molar-refractivity contribution is 5.91. The molecule has 2 heterocycles. The van der Waals surface area contributed by atoms with E-state index in [0.717, 1.165) is 24.9 Å². The van der Waals surface area contributed by atoms with Gasteiger partial charge in [-0.3, -0.25) is 0 Å². The second-order valence-corrected chi connectivity index (χ2v) is 6.35. The average molecular weight is 286 g/mol. The standard InChI is InChI=1S/C20H18N2/c1-13-6-14(2)8-17(7-13)19-11-18-10-15(12-21)9-16-4-3-5-22(19)20(16)18/h6-11H,3-5H2,1-2H3. The Hall–Kier alpha value is -2.53. The zero-order chi connectivity index (χ0) is 15.3. The summed E-state index contributed by atoms with van der Waals surface area (Å²) in [5, 5.41) is 10.4. The topological polar surface area (TPSA) is 28.7 Å². The minimum Gasteiger partial charge on any atom is -0.340 e. The van der Waals surface area contributed by atoms with Crippen molar-refractivity contribution < 1.29 is 0 Å². The third-order valence-corrected chi connectivity index (χ3v) is 4.55. The van der Waals surface area contributed by atoms with Crippen LogP contribution >= 0.6 is 0 Å². The zero-order valence-electron chi connectivity index (χ0n) is 13.0. The Balaban J connectivity index is 2.04. The normalized spacial score (nSPS) is 13.3. The molecule has 4 rings (SSSR count). The maximum Gasteiger partial charge on any atom is 0.0991 e. The molecule has 0 fully saturated rings. The van der Waals surface area contributed by atoms with Gasteiger partial charge in [-0.25, -0.2) is 0 Å². The Bertz CT molecular complexity index is 918. The fraction of sp³-hybridized carbons (Fsp3) is 0.250. The van der Waals surface area contributed by atoms with Crippen LogP contribution in [0.3, 0.4) is 0 Å². The van der Waals surface area contributed by atoms with Gasteiger partial charge in [0.05, 0.1) is 17.1 Å². The van der Waals surface area contributed by atoms with Gasteiger partial charge in [0.1, 0.15) is 0 Å². The van der Waals surface area contributed by atoms with Gasteiger partial charge in [-0.2, -0.15) is 5.26 Å². The van der Waals surface area contributed by atoms with Crippen LogP contribution in [0.15, 0.2) is 36.4 Å². The number of aromatic nitrogens is 1. The molecule has 2 nitrogen and oxygen atoms in total. The summed E-state index contributed by atoms with van der Waals surface area (Å²) >= 11 is 0. The molecule has 0 unspecified atom stereocenters.